The minimum atomic E-state index is -0.141. The molecule has 2 aromatic carbocycles. The fourth-order valence-corrected chi connectivity index (χ4v) is 3.00. The Morgan fingerprint density at radius 3 is 2.29 bits per heavy atom. The highest BCUT2D eigenvalue weighted by Crippen LogP contribution is 2.26. The monoisotopic (exact) mass is 320 g/mol. The number of hydrogen-bond acceptors (Lipinski definition) is 2. The lowest BCUT2D eigenvalue weighted by Gasteiger charge is -2.26. The Balaban J connectivity index is 1.86. The molecule has 3 rings (SSSR count). The summed E-state index contributed by atoms with van der Waals surface area (Å²) >= 11 is 0. The number of halogens is 1. The molecule has 3 heteroatoms. The minimum absolute atomic E-state index is 0.0683. The fraction of sp³-hybridized carbons (Fsp3) is 0.190. The first-order valence-corrected chi connectivity index (χ1v) is 8.13. The lowest BCUT2D eigenvalue weighted by Crippen LogP contribution is -2.26. The van der Waals surface area contributed by atoms with Crippen LogP contribution in [0, 0.1) is 5.82 Å². The van der Waals surface area contributed by atoms with Gasteiger partial charge in [0.25, 0.3) is 0 Å². The van der Waals surface area contributed by atoms with Crippen LogP contribution in [0.5, 0.6) is 0 Å². The maximum Gasteiger partial charge on any atom is 0.126 e. The Bertz CT molecular complexity index is 759. The van der Waals surface area contributed by atoms with Crippen LogP contribution in [0.3, 0.4) is 0 Å². The minimum Gasteiger partial charge on any atom is -0.374 e. The zero-order chi connectivity index (χ0) is 16.8. The third-order valence-electron chi connectivity index (χ3n) is 4.27. The molecule has 0 N–H and O–H groups in total. The normalized spacial score (nSPS) is 11.9. The maximum atomic E-state index is 14.4. The van der Waals surface area contributed by atoms with Crippen LogP contribution in [0.15, 0.2) is 79.1 Å². The average Bonchev–Trinajstić information content (AvgIpc) is 2.63. The van der Waals surface area contributed by atoms with Gasteiger partial charge in [0, 0.05) is 37.6 Å². The van der Waals surface area contributed by atoms with Gasteiger partial charge in [0.1, 0.15) is 5.82 Å². The third-order valence-corrected chi connectivity index (χ3v) is 4.27. The molecular weight excluding hydrogens is 299 g/mol. The highest BCUT2D eigenvalue weighted by Gasteiger charge is 2.18. The van der Waals surface area contributed by atoms with E-state index in [0.717, 1.165) is 24.2 Å². The molecule has 1 unspecified atom stereocenters. The van der Waals surface area contributed by atoms with Crippen molar-refractivity contribution in [2.45, 2.75) is 12.3 Å². The van der Waals surface area contributed by atoms with Gasteiger partial charge in [0.2, 0.25) is 0 Å². The molecule has 0 saturated carbocycles. The Hall–Kier alpha value is -2.68. The topological polar surface area (TPSA) is 16.1 Å². The summed E-state index contributed by atoms with van der Waals surface area (Å²) in [5.74, 6) is -0.0724. The van der Waals surface area contributed by atoms with Gasteiger partial charge in [-0.05, 0) is 47.9 Å². The molecule has 3 aromatic rings. The fourth-order valence-electron chi connectivity index (χ4n) is 3.00. The summed E-state index contributed by atoms with van der Waals surface area (Å²) in [6.45, 7) is 0.743. The van der Waals surface area contributed by atoms with Gasteiger partial charge in [0.15, 0.2) is 0 Å². The molecule has 0 amide bonds. The summed E-state index contributed by atoms with van der Waals surface area (Å²) in [6.07, 6.45) is 4.35. The van der Waals surface area contributed by atoms with E-state index in [9.17, 15) is 4.39 Å². The molecule has 0 radical (unpaired) electrons. The van der Waals surface area contributed by atoms with Crippen LogP contribution in [-0.2, 0) is 6.42 Å². The predicted octanol–water partition coefficient (Wildman–Crippen LogP) is 4.68. The van der Waals surface area contributed by atoms with Gasteiger partial charge in [-0.1, -0.05) is 36.4 Å². The number of anilines is 1. The highest BCUT2D eigenvalue weighted by atomic mass is 19.1. The van der Waals surface area contributed by atoms with Gasteiger partial charge in [-0.15, -0.1) is 0 Å². The number of rotatable bonds is 6. The van der Waals surface area contributed by atoms with Crippen LogP contribution in [0.4, 0.5) is 10.1 Å². The van der Waals surface area contributed by atoms with Crippen LogP contribution >= 0.6 is 0 Å². The second kappa shape index (κ2) is 7.73. The molecule has 0 aliphatic rings. The van der Waals surface area contributed by atoms with E-state index in [2.05, 4.69) is 29.1 Å². The summed E-state index contributed by atoms with van der Waals surface area (Å²) in [5, 5.41) is 0. The van der Waals surface area contributed by atoms with E-state index >= 15 is 0 Å². The standard InChI is InChI=1S/C21H21FN2/c1-24(19-7-3-2-4-8-19)16-18(15-17-11-13-23-14-12-17)20-9-5-6-10-21(20)22/h2-14,18H,15-16H2,1H3. The molecule has 0 bridgehead atoms. The zero-order valence-electron chi connectivity index (χ0n) is 13.8. The number of benzene rings is 2. The second-order valence-corrected chi connectivity index (χ2v) is 5.99. The van der Waals surface area contributed by atoms with Crippen molar-refractivity contribution in [3.63, 3.8) is 0 Å². The van der Waals surface area contributed by atoms with Crippen molar-refractivity contribution in [1.82, 2.24) is 4.98 Å². The molecule has 0 aliphatic carbocycles. The first-order chi connectivity index (χ1) is 11.7. The summed E-state index contributed by atoms with van der Waals surface area (Å²) < 4.78 is 14.4. The largest absolute Gasteiger partial charge is 0.374 e. The quantitative estimate of drug-likeness (QED) is 0.655. The molecule has 1 atom stereocenters. The number of likely N-dealkylation sites (N-methyl/N-ethyl adjacent to an activating group) is 1. The van der Waals surface area contributed by atoms with Crippen LogP contribution in [0.2, 0.25) is 0 Å². The number of para-hydroxylation sites is 1. The van der Waals surface area contributed by atoms with E-state index in [1.165, 1.54) is 11.6 Å². The van der Waals surface area contributed by atoms with Gasteiger partial charge < -0.3 is 4.90 Å². The summed E-state index contributed by atoms with van der Waals surface area (Å²) in [4.78, 5) is 6.25. The summed E-state index contributed by atoms with van der Waals surface area (Å²) in [7, 11) is 2.05. The molecular formula is C21H21FN2. The van der Waals surface area contributed by atoms with Gasteiger partial charge in [-0.2, -0.15) is 0 Å². The Labute approximate surface area is 142 Å². The number of nitrogens with zero attached hydrogens (tertiary/aromatic N) is 2. The number of hydrogen-bond donors (Lipinski definition) is 0. The van der Waals surface area contributed by atoms with Gasteiger partial charge in [-0.3, -0.25) is 4.98 Å². The first-order valence-electron chi connectivity index (χ1n) is 8.13. The number of pyridine rings is 1. The Morgan fingerprint density at radius 1 is 0.917 bits per heavy atom. The zero-order valence-corrected chi connectivity index (χ0v) is 13.8. The molecule has 0 saturated heterocycles. The van der Waals surface area contributed by atoms with E-state index in [0.29, 0.717) is 0 Å². The van der Waals surface area contributed by atoms with Crippen molar-refractivity contribution in [1.29, 1.82) is 0 Å². The second-order valence-electron chi connectivity index (χ2n) is 5.99. The van der Waals surface area contributed by atoms with Crippen molar-refractivity contribution >= 4 is 5.69 Å². The number of aromatic nitrogens is 1. The molecule has 0 aliphatic heterocycles. The van der Waals surface area contributed by atoms with E-state index in [1.54, 1.807) is 18.5 Å². The molecule has 2 nitrogen and oxygen atoms in total. The summed E-state index contributed by atoms with van der Waals surface area (Å²) in [6, 6.07) is 21.3. The maximum absolute atomic E-state index is 14.4. The smallest absolute Gasteiger partial charge is 0.126 e. The van der Waals surface area contributed by atoms with E-state index in [1.807, 2.05) is 42.5 Å². The first kappa shape index (κ1) is 16.2. The van der Waals surface area contributed by atoms with Crippen LogP contribution < -0.4 is 4.90 Å². The summed E-state index contributed by atoms with van der Waals surface area (Å²) in [5.41, 5.74) is 3.06. The average molecular weight is 320 g/mol. The van der Waals surface area contributed by atoms with Gasteiger partial charge in [0.05, 0.1) is 0 Å². The molecule has 24 heavy (non-hydrogen) atoms. The van der Waals surface area contributed by atoms with Crippen molar-refractivity contribution in [3.05, 3.63) is 96.1 Å². The predicted molar refractivity (Wildman–Crippen MR) is 96.8 cm³/mol. The molecule has 0 spiro atoms. The van der Waals surface area contributed by atoms with Crippen LogP contribution in [0.25, 0.3) is 0 Å². The van der Waals surface area contributed by atoms with Crippen LogP contribution in [0.1, 0.15) is 17.0 Å². The lowest BCUT2D eigenvalue weighted by molar-refractivity contribution is 0.570. The molecule has 122 valence electrons. The van der Waals surface area contributed by atoms with Crippen LogP contribution in [-0.4, -0.2) is 18.6 Å². The van der Waals surface area contributed by atoms with E-state index in [4.69, 9.17) is 0 Å². The van der Waals surface area contributed by atoms with Crippen molar-refractivity contribution in [2.75, 3.05) is 18.5 Å². The van der Waals surface area contributed by atoms with Crippen molar-refractivity contribution in [3.8, 4) is 0 Å². The highest BCUT2D eigenvalue weighted by molar-refractivity contribution is 5.46. The van der Waals surface area contributed by atoms with Gasteiger partial charge in [-0.25, -0.2) is 4.39 Å². The molecule has 0 fully saturated rings. The van der Waals surface area contributed by atoms with Crippen molar-refractivity contribution < 1.29 is 4.39 Å². The Kier molecular flexibility index (Phi) is 5.22. The SMILES string of the molecule is CN(CC(Cc1ccncc1)c1ccccc1F)c1ccccc1. The lowest BCUT2D eigenvalue weighted by atomic mass is 9.91. The molecule has 1 heterocycles. The van der Waals surface area contributed by atoms with E-state index in [-0.39, 0.29) is 11.7 Å². The van der Waals surface area contributed by atoms with Crippen molar-refractivity contribution in [2.24, 2.45) is 0 Å². The van der Waals surface area contributed by atoms with E-state index < -0.39 is 0 Å². The third kappa shape index (κ3) is 3.99. The van der Waals surface area contributed by atoms with Gasteiger partial charge >= 0.3 is 0 Å². The molecule has 1 aromatic heterocycles. The Morgan fingerprint density at radius 2 is 1.58 bits per heavy atom.